The van der Waals surface area contributed by atoms with Crippen LogP contribution >= 0.6 is 0 Å². The zero-order valence-corrected chi connectivity index (χ0v) is 18.7. The number of aromatic nitrogens is 2. The van der Waals surface area contributed by atoms with Crippen LogP contribution in [0.25, 0.3) is 21.8 Å². The highest BCUT2D eigenvalue weighted by atomic mass is 16.2. The smallest absolute Gasteiger partial charge is 0.260 e. The molecule has 2 heterocycles. The highest BCUT2D eigenvalue weighted by Gasteiger charge is 2.18. The number of fused-ring (bicyclic) bond motifs is 2. The van der Waals surface area contributed by atoms with Crippen molar-refractivity contribution in [3.63, 3.8) is 0 Å². The van der Waals surface area contributed by atoms with Gasteiger partial charge in [-0.3, -0.25) is 9.59 Å². The first-order valence-electron chi connectivity index (χ1n) is 10.7. The Kier molecular flexibility index (Phi) is 6.56. The largest absolute Gasteiger partial charge is 0.350 e. The number of carbonyl (C=O) groups excluding carboxylic acids is 1. The van der Waals surface area contributed by atoms with Crippen molar-refractivity contribution >= 4 is 27.7 Å². The molecule has 0 aliphatic carbocycles. The van der Waals surface area contributed by atoms with E-state index in [0.29, 0.717) is 41.5 Å². The minimum absolute atomic E-state index is 0.124. The predicted octanol–water partition coefficient (Wildman–Crippen LogP) is 3.63. The summed E-state index contributed by atoms with van der Waals surface area (Å²) in [6.07, 6.45) is 1.63. The van der Waals surface area contributed by atoms with Crippen molar-refractivity contribution in [3.8, 4) is 0 Å². The van der Waals surface area contributed by atoms with E-state index in [9.17, 15) is 9.59 Å². The number of benzene rings is 1. The van der Waals surface area contributed by atoms with Crippen LogP contribution in [0.3, 0.4) is 0 Å². The summed E-state index contributed by atoms with van der Waals surface area (Å²) in [5, 5.41) is 7.89. The van der Waals surface area contributed by atoms with E-state index in [1.807, 2.05) is 38.1 Å². The lowest BCUT2D eigenvalue weighted by Crippen LogP contribution is -2.44. The third-order valence-electron chi connectivity index (χ3n) is 5.78. The second kappa shape index (κ2) is 8.96. The lowest BCUT2D eigenvalue weighted by Gasteiger charge is -2.23. The van der Waals surface area contributed by atoms with Crippen LogP contribution < -0.4 is 16.2 Å². The fourth-order valence-electron chi connectivity index (χ4n) is 3.59. The second-order valence-electron chi connectivity index (χ2n) is 8.48. The molecule has 2 atom stereocenters. The average molecular weight is 409 g/mol. The molecular formula is C24H32N4O2. The van der Waals surface area contributed by atoms with Gasteiger partial charge in [-0.2, -0.15) is 0 Å². The molecule has 6 heteroatoms. The van der Waals surface area contributed by atoms with Crippen molar-refractivity contribution in [1.29, 1.82) is 0 Å². The van der Waals surface area contributed by atoms with Crippen LogP contribution in [0, 0.1) is 12.8 Å². The van der Waals surface area contributed by atoms with Crippen LogP contribution in [0.1, 0.15) is 50.5 Å². The van der Waals surface area contributed by atoms with E-state index in [2.05, 4.69) is 38.3 Å². The molecule has 30 heavy (non-hydrogen) atoms. The van der Waals surface area contributed by atoms with Crippen LogP contribution in [0.4, 0.5) is 0 Å². The Balaban J connectivity index is 1.99. The monoisotopic (exact) mass is 408 g/mol. The van der Waals surface area contributed by atoms with Gasteiger partial charge in [0.05, 0.1) is 22.0 Å². The number of hydrogen-bond acceptors (Lipinski definition) is 4. The molecule has 0 aliphatic heterocycles. The number of pyridine rings is 2. The standard InChI is InChI=1S/C24H32N4O2/c1-7-28-13-20(23(29)25-12-16(5)26-17(6)14(2)3)22-19(24(28)30)11-18-10-8-9-15(4)21(18)27-22/h8-11,13-14,16-17,26H,7,12H2,1-6H3,(H,25,29). The Morgan fingerprint density at radius 3 is 2.57 bits per heavy atom. The van der Waals surface area contributed by atoms with Crippen molar-refractivity contribution in [2.75, 3.05) is 6.54 Å². The molecule has 0 spiro atoms. The van der Waals surface area contributed by atoms with Gasteiger partial charge in [0.15, 0.2) is 0 Å². The van der Waals surface area contributed by atoms with Crippen LogP contribution in [0.15, 0.2) is 35.3 Å². The third-order valence-corrected chi connectivity index (χ3v) is 5.78. The zero-order chi connectivity index (χ0) is 22.0. The Bertz CT molecular complexity index is 1130. The Hall–Kier alpha value is -2.73. The molecule has 3 rings (SSSR count). The quantitative estimate of drug-likeness (QED) is 0.586. The van der Waals surface area contributed by atoms with Gasteiger partial charge in [-0.05, 0) is 45.2 Å². The maximum Gasteiger partial charge on any atom is 0.260 e. The zero-order valence-electron chi connectivity index (χ0n) is 18.7. The van der Waals surface area contributed by atoms with Gasteiger partial charge >= 0.3 is 0 Å². The van der Waals surface area contributed by atoms with Crippen LogP contribution in [-0.2, 0) is 6.54 Å². The van der Waals surface area contributed by atoms with E-state index in [4.69, 9.17) is 4.98 Å². The first kappa shape index (κ1) is 22.0. The van der Waals surface area contributed by atoms with Crippen molar-refractivity contribution < 1.29 is 4.79 Å². The molecule has 1 amide bonds. The van der Waals surface area contributed by atoms with Gasteiger partial charge in [0.1, 0.15) is 0 Å². The van der Waals surface area contributed by atoms with Gasteiger partial charge in [0, 0.05) is 36.8 Å². The summed E-state index contributed by atoms with van der Waals surface area (Å²) in [6.45, 7) is 13.4. The average Bonchev–Trinajstić information content (AvgIpc) is 2.71. The summed E-state index contributed by atoms with van der Waals surface area (Å²) in [6, 6.07) is 8.22. The number of nitrogens with one attached hydrogen (secondary N) is 2. The number of aryl methyl sites for hydroxylation is 2. The Labute approximate surface area is 177 Å². The molecule has 0 aliphatic rings. The predicted molar refractivity (Wildman–Crippen MR) is 123 cm³/mol. The summed E-state index contributed by atoms with van der Waals surface area (Å²) in [7, 11) is 0. The van der Waals surface area contributed by atoms with Crippen molar-refractivity contribution in [2.45, 2.75) is 60.2 Å². The van der Waals surface area contributed by atoms with Gasteiger partial charge in [0.2, 0.25) is 0 Å². The third kappa shape index (κ3) is 4.38. The van der Waals surface area contributed by atoms with E-state index in [-0.39, 0.29) is 17.5 Å². The highest BCUT2D eigenvalue weighted by molar-refractivity contribution is 6.07. The fraction of sp³-hybridized carbons (Fsp3) is 0.458. The summed E-state index contributed by atoms with van der Waals surface area (Å²) in [5.74, 6) is 0.300. The van der Waals surface area contributed by atoms with Gasteiger partial charge < -0.3 is 15.2 Å². The molecule has 2 aromatic heterocycles. The lowest BCUT2D eigenvalue weighted by molar-refractivity contribution is 0.0950. The van der Waals surface area contributed by atoms with E-state index in [1.165, 1.54) is 0 Å². The molecule has 0 bridgehead atoms. The van der Waals surface area contributed by atoms with E-state index in [1.54, 1.807) is 10.8 Å². The Morgan fingerprint density at radius 1 is 1.17 bits per heavy atom. The van der Waals surface area contributed by atoms with Gasteiger partial charge in [0.25, 0.3) is 11.5 Å². The van der Waals surface area contributed by atoms with Crippen LogP contribution in [-0.4, -0.2) is 34.1 Å². The van der Waals surface area contributed by atoms with Gasteiger partial charge in [-0.1, -0.05) is 32.0 Å². The number of para-hydroxylation sites is 1. The summed E-state index contributed by atoms with van der Waals surface area (Å²) in [4.78, 5) is 30.7. The van der Waals surface area contributed by atoms with Crippen LogP contribution in [0.5, 0.6) is 0 Å². The molecule has 2 unspecified atom stereocenters. The molecule has 1 aromatic carbocycles. The normalized spacial score (nSPS) is 13.7. The lowest BCUT2D eigenvalue weighted by atomic mass is 10.1. The maximum absolute atomic E-state index is 13.1. The number of amides is 1. The maximum atomic E-state index is 13.1. The number of hydrogen-bond donors (Lipinski definition) is 2. The second-order valence-corrected chi connectivity index (χ2v) is 8.48. The Morgan fingerprint density at radius 2 is 1.90 bits per heavy atom. The topological polar surface area (TPSA) is 76.0 Å². The number of rotatable bonds is 7. The van der Waals surface area contributed by atoms with E-state index < -0.39 is 0 Å². The molecule has 0 fully saturated rings. The molecular weight excluding hydrogens is 376 g/mol. The van der Waals surface area contributed by atoms with E-state index >= 15 is 0 Å². The molecule has 6 nitrogen and oxygen atoms in total. The SMILES string of the molecule is CCn1cc(C(=O)NCC(C)NC(C)C(C)C)c2nc3c(C)cccc3cc2c1=O. The van der Waals surface area contributed by atoms with Crippen molar-refractivity contribution in [2.24, 2.45) is 5.92 Å². The van der Waals surface area contributed by atoms with Gasteiger partial charge in [-0.15, -0.1) is 0 Å². The van der Waals surface area contributed by atoms with Crippen LogP contribution in [0.2, 0.25) is 0 Å². The minimum atomic E-state index is -0.214. The molecule has 0 radical (unpaired) electrons. The molecule has 2 N–H and O–H groups in total. The summed E-state index contributed by atoms with van der Waals surface area (Å²) < 4.78 is 1.57. The summed E-state index contributed by atoms with van der Waals surface area (Å²) >= 11 is 0. The molecule has 0 saturated heterocycles. The number of carbonyl (C=O) groups is 1. The van der Waals surface area contributed by atoms with Gasteiger partial charge in [-0.25, -0.2) is 4.98 Å². The minimum Gasteiger partial charge on any atom is -0.350 e. The molecule has 3 aromatic rings. The molecule has 0 saturated carbocycles. The number of nitrogens with zero attached hydrogens (tertiary/aromatic N) is 2. The molecule has 160 valence electrons. The first-order valence-corrected chi connectivity index (χ1v) is 10.7. The highest BCUT2D eigenvalue weighted by Crippen LogP contribution is 2.22. The van der Waals surface area contributed by atoms with Crippen molar-refractivity contribution in [1.82, 2.24) is 20.2 Å². The van der Waals surface area contributed by atoms with Crippen molar-refractivity contribution in [3.05, 3.63) is 51.9 Å². The van der Waals surface area contributed by atoms with E-state index in [0.717, 1.165) is 16.5 Å². The first-order chi connectivity index (χ1) is 14.2. The summed E-state index contributed by atoms with van der Waals surface area (Å²) in [5.41, 5.74) is 2.59. The fourth-order valence-corrected chi connectivity index (χ4v) is 3.59.